The lowest BCUT2D eigenvalue weighted by molar-refractivity contribution is 0.338. The molecule has 0 saturated carbocycles. The van der Waals surface area contributed by atoms with Gasteiger partial charge in [0.25, 0.3) is 0 Å². The van der Waals surface area contributed by atoms with Crippen molar-refractivity contribution in [1.29, 1.82) is 0 Å². The molecule has 2 heterocycles. The number of hydrogen-bond acceptors (Lipinski definition) is 3. The lowest BCUT2D eigenvalue weighted by atomic mass is 10.1. The van der Waals surface area contributed by atoms with Crippen molar-refractivity contribution in [1.82, 2.24) is 4.98 Å². The van der Waals surface area contributed by atoms with Gasteiger partial charge in [0.05, 0.1) is 11.6 Å². The van der Waals surface area contributed by atoms with Gasteiger partial charge >= 0.3 is 0 Å². The Morgan fingerprint density at radius 3 is 2.87 bits per heavy atom. The van der Waals surface area contributed by atoms with Crippen LogP contribution >= 0.6 is 23.2 Å². The van der Waals surface area contributed by atoms with Gasteiger partial charge in [-0.2, -0.15) is 0 Å². The van der Waals surface area contributed by atoms with E-state index in [1.165, 1.54) is 0 Å². The van der Waals surface area contributed by atoms with E-state index in [-0.39, 0.29) is 0 Å². The van der Waals surface area contributed by atoms with Crippen LogP contribution in [0.3, 0.4) is 0 Å². The Morgan fingerprint density at radius 2 is 2.20 bits per heavy atom. The van der Waals surface area contributed by atoms with Crippen LogP contribution in [0.25, 0.3) is 0 Å². The van der Waals surface area contributed by atoms with Crippen molar-refractivity contribution in [2.24, 2.45) is 4.99 Å². The lowest BCUT2D eigenvalue weighted by Crippen LogP contribution is -2.01. The van der Waals surface area contributed by atoms with Gasteiger partial charge in [0.15, 0.2) is 5.90 Å². The summed E-state index contributed by atoms with van der Waals surface area (Å²) in [6, 6.07) is 1.83. The minimum atomic E-state index is 0.342. The van der Waals surface area contributed by atoms with Crippen molar-refractivity contribution in [2.75, 3.05) is 13.2 Å². The first-order valence-corrected chi connectivity index (χ1v) is 5.47. The zero-order chi connectivity index (χ0) is 10.7. The summed E-state index contributed by atoms with van der Waals surface area (Å²) in [7, 11) is 0. The maximum absolute atomic E-state index is 5.85. The molecule has 1 aromatic heterocycles. The highest BCUT2D eigenvalue weighted by atomic mass is 35.5. The van der Waals surface area contributed by atoms with E-state index in [2.05, 4.69) is 9.98 Å². The van der Waals surface area contributed by atoms with Gasteiger partial charge in [-0.15, -0.1) is 0 Å². The fourth-order valence-corrected chi connectivity index (χ4v) is 1.67. The van der Waals surface area contributed by atoms with Gasteiger partial charge in [-0.3, -0.25) is 4.99 Å². The van der Waals surface area contributed by atoms with Crippen molar-refractivity contribution in [3.63, 3.8) is 0 Å². The van der Waals surface area contributed by atoms with E-state index in [9.17, 15) is 0 Å². The Morgan fingerprint density at radius 1 is 1.33 bits per heavy atom. The zero-order valence-electron chi connectivity index (χ0n) is 8.04. The van der Waals surface area contributed by atoms with Gasteiger partial charge < -0.3 is 4.74 Å². The molecule has 5 heteroatoms. The molecular formula is C10H10Cl2N2O. The molecule has 0 saturated heterocycles. The molecule has 0 radical (unpaired) electrons. The predicted octanol–water partition coefficient (Wildman–Crippen LogP) is 2.75. The molecule has 80 valence electrons. The number of pyridine rings is 1. The van der Waals surface area contributed by atoms with Crippen LogP contribution in [0.5, 0.6) is 0 Å². The largest absolute Gasteiger partial charge is 0.479 e. The molecule has 0 bridgehead atoms. The summed E-state index contributed by atoms with van der Waals surface area (Å²) in [4.78, 5) is 8.18. The molecule has 0 N–H and O–H groups in total. The van der Waals surface area contributed by atoms with Crippen molar-refractivity contribution >= 4 is 29.1 Å². The van der Waals surface area contributed by atoms with Crippen molar-refractivity contribution in [3.05, 3.63) is 28.0 Å². The molecule has 0 unspecified atom stereocenters. The number of nitrogens with zero attached hydrogens (tertiary/aromatic N) is 2. The fraction of sp³-hybridized carbons (Fsp3) is 0.400. The summed E-state index contributed by atoms with van der Waals surface area (Å²) in [5.41, 5.74) is 1.04. The average Bonchev–Trinajstić information content (AvgIpc) is 2.73. The summed E-state index contributed by atoms with van der Waals surface area (Å²) in [6.07, 6.45) is 3.34. The third-order valence-corrected chi connectivity index (χ3v) is 2.81. The monoisotopic (exact) mass is 244 g/mol. The normalized spacial score (nSPS) is 14.9. The van der Waals surface area contributed by atoms with Crippen LogP contribution in [0.1, 0.15) is 12.0 Å². The van der Waals surface area contributed by atoms with Gasteiger partial charge in [0, 0.05) is 12.6 Å². The molecule has 0 amide bonds. The highest BCUT2D eigenvalue weighted by Crippen LogP contribution is 2.20. The van der Waals surface area contributed by atoms with Crippen LogP contribution in [0, 0.1) is 0 Å². The Hall–Kier alpha value is -0.800. The van der Waals surface area contributed by atoms with E-state index in [4.69, 9.17) is 27.9 Å². The van der Waals surface area contributed by atoms with Crippen molar-refractivity contribution < 1.29 is 4.74 Å². The number of ether oxygens (including phenoxy) is 1. The van der Waals surface area contributed by atoms with Crippen molar-refractivity contribution in [2.45, 2.75) is 12.8 Å². The maximum atomic E-state index is 5.85. The molecule has 1 aliphatic heterocycles. The highest BCUT2D eigenvalue weighted by molar-refractivity contribution is 6.41. The second-order valence-electron chi connectivity index (χ2n) is 3.24. The van der Waals surface area contributed by atoms with E-state index >= 15 is 0 Å². The number of aromatic nitrogens is 1. The minimum Gasteiger partial charge on any atom is -0.479 e. The molecule has 3 nitrogen and oxygen atoms in total. The van der Waals surface area contributed by atoms with Crippen LogP contribution in [0.2, 0.25) is 10.2 Å². The SMILES string of the molecule is Clc1cc(CCC2=NCCO2)cnc1Cl. The summed E-state index contributed by atoms with van der Waals surface area (Å²) in [5.74, 6) is 0.820. The van der Waals surface area contributed by atoms with Crippen LogP contribution in [-0.4, -0.2) is 24.0 Å². The zero-order valence-corrected chi connectivity index (χ0v) is 9.55. The molecule has 15 heavy (non-hydrogen) atoms. The standard InChI is InChI=1S/C10H10Cl2N2O/c11-8-5-7(6-14-10(8)12)1-2-9-13-3-4-15-9/h5-6H,1-4H2. The number of halogens is 2. The first kappa shape index (κ1) is 10.7. The number of aliphatic imine (C=N–C) groups is 1. The minimum absolute atomic E-state index is 0.342. The van der Waals surface area contributed by atoms with Gasteiger partial charge in [0.1, 0.15) is 11.8 Å². The maximum Gasteiger partial charge on any atom is 0.183 e. The average molecular weight is 245 g/mol. The first-order valence-electron chi connectivity index (χ1n) is 4.72. The fourth-order valence-electron chi connectivity index (χ4n) is 1.38. The third kappa shape index (κ3) is 2.83. The number of aryl methyl sites for hydroxylation is 1. The van der Waals surface area contributed by atoms with Crippen LogP contribution in [0.4, 0.5) is 0 Å². The summed E-state index contributed by atoms with van der Waals surface area (Å²) >= 11 is 11.6. The Kier molecular flexibility index (Phi) is 3.44. The summed E-state index contributed by atoms with van der Waals surface area (Å²) in [5, 5.41) is 0.832. The summed E-state index contributed by atoms with van der Waals surface area (Å²) < 4.78 is 5.30. The van der Waals surface area contributed by atoms with Crippen LogP contribution < -0.4 is 0 Å². The topological polar surface area (TPSA) is 34.5 Å². The Balaban J connectivity index is 1.96. The van der Waals surface area contributed by atoms with Gasteiger partial charge in [-0.25, -0.2) is 4.98 Å². The lowest BCUT2D eigenvalue weighted by Gasteiger charge is -2.03. The van der Waals surface area contributed by atoms with E-state index < -0.39 is 0 Å². The second kappa shape index (κ2) is 4.81. The van der Waals surface area contributed by atoms with Crippen LogP contribution in [0.15, 0.2) is 17.3 Å². The Bertz CT molecular complexity index is 393. The molecule has 0 aromatic carbocycles. The smallest absolute Gasteiger partial charge is 0.183 e. The van der Waals surface area contributed by atoms with Crippen LogP contribution in [-0.2, 0) is 11.2 Å². The van der Waals surface area contributed by atoms with Gasteiger partial charge in [-0.1, -0.05) is 23.2 Å². The van der Waals surface area contributed by atoms with E-state index in [1.807, 2.05) is 6.07 Å². The molecule has 1 aromatic rings. The van der Waals surface area contributed by atoms with Crippen molar-refractivity contribution in [3.8, 4) is 0 Å². The van der Waals surface area contributed by atoms with Gasteiger partial charge in [0.2, 0.25) is 0 Å². The van der Waals surface area contributed by atoms with E-state index in [0.29, 0.717) is 16.8 Å². The molecule has 0 fully saturated rings. The number of hydrogen-bond donors (Lipinski definition) is 0. The molecule has 1 aliphatic rings. The Labute approximate surface area is 98.1 Å². The highest BCUT2D eigenvalue weighted by Gasteiger charge is 2.08. The number of rotatable bonds is 3. The summed E-state index contributed by atoms with van der Waals surface area (Å²) in [6.45, 7) is 1.48. The second-order valence-corrected chi connectivity index (χ2v) is 4.01. The van der Waals surface area contributed by atoms with Gasteiger partial charge in [-0.05, 0) is 18.1 Å². The quantitative estimate of drug-likeness (QED) is 0.767. The third-order valence-electron chi connectivity index (χ3n) is 2.13. The van der Waals surface area contributed by atoms with E-state index in [1.54, 1.807) is 6.20 Å². The molecule has 0 aliphatic carbocycles. The molecule has 0 atom stereocenters. The molecule has 0 spiro atoms. The first-order chi connectivity index (χ1) is 7.25. The van der Waals surface area contributed by atoms with E-state index in [0.717, 1.165) is 30.8 Å². The molecule has 2 rings (SSSR count). The molecular weight excluding hydrogens is 235 g/mol. The predicted molar refractivity (Wildman–Crippen MR) is 60.8 cm³/mol.